The maximum absolute atomic E-state index is 5.74. The van der Waals surface area contributed by atoms with Gasteiger partial charge < -0.3 is 4.74 Å². The van der Waals surface area contributed by atoms with Gasteiger partial charge in [0.25, 0.3) is 0 Å². The highest BCUT2D eigenvalue weighted by Crippen LogP contribution is 2.15. The van der Waals surface area contributed by atoms with E-state index in [0.29, 0.717) is 0 Å². The molecule has 0 aliphatic carbocycles. The molecule has 1 rings (SSSR count). The predicted octanol–water partition coefficient (Wildman–Crippen LogP) is 3.40. The summed E-state index contributed by atoms with van der Waals surface area (Å²) >= 11 is 0. The maximum atomic E-state index is 5.74. The second-order valence-electron chi connectivity index (χ2n) is 4.06. The number of allylic oxidation sites excluding steroid dienone is 1. The molecule has 0 aromatic heterocycles. The fourth-order valence-corrected chi connectivity index (χ4v) is 1.21. The van der Waals surface area contributed by atoms with Crippen molar-refractivity contribution in [2.75, 3.05) is 14.1 Å². The summed E-state index contributed by atoms with van der Waals surface area (Å²) < 4.78 is 5.74. The molecule has 1 aromatic rings. The highest BCUT2D eigenvalue weighted by atomic mass is 16.5. The van der Waals surface area contributed by atoms with E-state index >= 15 is 0 Å². The van der Waals surface area contributed by atoms with Crippen LogP contribution in [0.15, 0.2) is 30.3 Å². The van der Waals surface area contributed by atoms with Crippen LogP contribution >= 0.6 is 0 Å². The molecule has 0 N–H and O–H groups in total. The van der Waals surface area contributed by atoms with Crippen molar-refractivity contribution < 1.29 is 4.74 Å². The van der Waals surface area contributed by atoms with Crippen molar-refractivity contribution >= 4 is 6.08 Å². The van der Waals surface area contributed by atoms with Crippen molar-refractivity contribution in [3.63, 3.8) is 0 Å². The van der Waals surface area contributed by atoms with Crippen LogP contribution in [0.5, 0.6) is 5.75 Å². The van der Waals surface area contributed by atoms with Gasteiger partial charge in [-0.15, -0.1) is 0 Å². The summed E-state index contributed by atoms with van der Waals surface area (Å²) in [7, 11) is 4.01. The fourth-order valence-electron chi connectivity index (χ4n) is 1.21. The summed E-state index contributed by atoms with van der Waals surface area (Å²) in [6.45, 7) is 4.16. The minimum Gasteiger partial charge on any atom is -0.475 e. The Hall–Kier alpha value is -1.28. The first-order valence-electron chi connectivity index (χ1n) is 5.73. The van der Waals surface area contributed by atoms with Crippen LogP contribution in [0.2, 0.25) is 0 Å². The Morgan fingerprint density at radius 1 is 1.25 bits per heavy atom. The van der Waals surface area contributed by atoms with E-state index in [4.69, 9.17) is 4.74 Å². The molecule has 0 aliphatic rings. The number of benzene rings is 1. The second kappa shape index (κ2) is 6.33. The molecule has 0 fully saturated rings. The quantitative estimate of drug-likeness (QED) is 0.704. The lowest BCUT2D eigenvalue weighted by Gasteiger charge is -2.21. The van der Waals surface area contributed by atoms with Crippen LogP contribution < -0.4 is 4.74 Å². The Kier molecular flexibility index (Phi) is 5.06. The first-order chi connectivity index (χ1) is 7.63. The lowest BCUT2D eigenvalue weighted by molar-refractivity contribution is 0.0815. The van der Waals surface area contributed by atoms with Crippen LogP contribution in [0, 0.1) is 0 Å². The van der Waals surface area contributed by atoms with Crippen LogP contribution in [0.4, 0.5) is 0 Å². The molecular weight excluding hydrogens is 198 g/mol. The van der Waals surface area contributed by atoms with Gasteiger partial charge in [0.1, 0.15) is 12.0 Å². The van der Waals surface area contributed by atoms with Crippen LogP contribution in [0.3, 0.4) is 0 Å². The molecule has 88 valence electrons. The molecule has 2 heteroatoms. The van der Waals surface area contributed by atoms with Gasteiger partial charge in [0.15, 0.2) is 0 Å². The topological polar surface area (TPSA) is 12.5 Å². The summed E-state index contributed by atoms with van der Waals surface area (Å²) in [6, 6.07) is 8.17. The molecule has 1 aromatic carbocycles. The van der Waals surface area contributed by atoms with E-state index in [9.17, 15) is 0 Å². The van der Waals surface area contributed by atoms with E-state index in [-0.39, 0.29) is 6.23 Å². The third kappa shape index (κ3) is 4.07. The summed E-state index contributed by atoms with van der Waals surface area (Å²) in [6.07, 6.45) is 5.44. The average Bonchev–Trinajstić information content (AvgIpc) is 2.28. The molecule has 1 unspecified atom stereocenters. The number of hydrogen-bond donors (Lipinski definition) is 0. The second-order valence-corrected chi connectivity index (χ2v) is 4.06. The molecule has 0 spiro atoms. The SMILES string of the molecule is CC/C=C\c1ccc(OC(C)N(C)C)cc1. The number of ether oxygens (including phenoxy) is 1. The minimum atomic E-state index is 0.0945. The monoisotopic (exact) mass is 219 g/mol. The summed E-state index contributed by atoms with van der Waals surface area (Å²) in [5, 5.41) is 0. The number of rotatable bonds is 5. The van der Waals surface area contributed by atoms with Gasteiger partial charge in [-0.3, -0.25) is 4.90 Å². The van der Waals surface area contributed by atoms with Crippen molar-refractivity contribution in [1.29, 1.82) is 0 Å². The molecule has 0 saturated heterocycles. The molecule has 0 bridgehead atoms. The lowest BCUT2D eigenvalue weighted by atomic mass is 10.2. The Morgan fingerprint density at radius 3 is 2.38 bits per heavy atom. The maximum Gasteiger partial charge on any atom is 0.149 e. The van der Waals surface area contributed by atoms with Crippen molar-refractivity contribution in [2.45, 2.75) is 26.5 Å². The van der Waals surface area contributed by atoms with Crippen LogP contribution in [-0.4, -0.2) is 25.2 Å². The molecule has 16 heavy (non-hydrogen) atoms. The highest BCUT2D eigenvalue weighted by Gasteiger charge is 2.04. The van der Waals surface area contributed by atoms with Gasteiger partial charge in [-0.05, 0) is 45.1 Å². The van der Waals surface area contributed by atoms with Gasteiger partial charge in [0.2, 0.25) is 0 Å². The molecule has 0 heterocycles. The smallest absolute Gasteiger partial charge is 0.149 e. The summed E-state index contributed by atoms with van der Waals surface area (Å²) in [5.41, 5.74) is 1.21. The molecule has 2 nitrogen and oxygen atoms in total. The molecule has 0 amide bonds. The normalized spacial score (nSPS) is 13.3. The molecule has 0 saturated carbocycles. The van der Waals surface area contributed by atoms with Crippen molar-refractivity contribution in [1.82, 2.24) is 4.90 Å². The van der Waals surface area contributed by atoms with Crippen molar-refractivity contribution in [3.05, 3.63) is 35.9 Å². The van der Waals surface area contributed by atoms with E-state index in [1.165, 1.54) is 5.56 Å². The fraction of sp³-hybridized carbons (Fsp3) is 0.429. The average molecular weight is 219 g/mol. The molecule has 0 radical (unpaired) electrons. The van der Waals surface area contributed by atoms with Gasteiger partial charge in [-0.1, -0.05) is 31.2 Å². The number of hydrogen-bond acceptors (Lipinski definition) is 2. The Balaban J connectivity index is 2.61. The zero-order valence-corrected chi connectivity index (χ0v) is 10.6. The van der Waals surface area contributed by atoms with Gasteiger partial charge in [-0.2, -0.15) is 0 Å². The minimum absolute atomic E-state index is 0.0945. The molecule has 1 atom stereocenters. The van der Waals surface area contributed by atoms with Crippen molar-refractivity contribution in [2.24, 2.45) is 0 Å². The van der Waals surface area contributed by atoms with E-state index in [0.717, 1.165) is 12.2 Å². The zero-order chi connectivity index (χ0) is 12.0. The predicted molar refractivity (Wildman–Crippen MR) is 69.5 cm³/mol. The van der Waals surface area contributed by atoms with Gasteiger partial charge in [0, 0.05) is 0 Å². The third-order valence-corrected chi connectivity index (χ3v) is 2.46. The third-order valence-electron chi connectivity index (χ3n) is 2.46. The van der Waals surface area contributed by atoms with Crippen LogP contribution in [-0.2, 0) is 0 Å². The number of nitrogens with zero attached hydrogens (tertiary/aromatic N) is 1. The lowest BCUT2D eigenvalue weighted by Crippen LogP contribution is -2.30. The zero-order valence-electron chi connectivity index (χ0n) is 10.6. The largest absolute Gasteiger partial charge is 0.475 e. The summed E-state index contributed by atoms with van der Waals surface area (Å²) in [5.74, 6) is 0.912. The Morgan fingerprint density at radius 2 is 1.88 bits per heavy atom. The Labute approximate surface area is 98.5 Å². The van der Waals surface area contributed by atoms with Gasteiger partial charge >= 0.3 is 0 Å². The first-order valence-corrected chi connectivity index (χ1v) is 5.73. The van der Waals surface area contributed by atoms with Crippen LogP contribution in [0.25, 0.3) is 6.08 Å². The summed E-state index contributed by atoms with van der Waals surface area (Å²) in [4.78, 5) is 2.03. The highest BCUT2D eigenvalue weighted by molar-refractivity contribution is 5.50. The van der Waals surface area contributed by atoms with E-state index in [1.54, 1.807) is 0 Å². The van der Waals surface area contributed by atoms with Crippen molar-refractivity contribution in [3.8, 4) is 5.75 Å². The van der Waals surface area contributed by atoms with E-state index < -0.39 is 0 Å². The standard InChI is InChI=1S/C14H21NO/c1-5-6-7-13-8-10-14(11-9-13)16-12(2)15(3)4/h6-12H,5H2,1-4H3/b7-6-. The Bertz CT molecular complexity index is 327. The van der Waals surface area contributed by atoms with Gasteiger partial charge in [0.05, 0.1) is 0 Å². The van der Waals surface area contributed by atoms with Gasteiger partial charge in [-0.25, -0.2) is 0 Å². The van der Waals surface area contributed by atoms with E-state index in [1.807, 2.05) is 38.1 Å². The molecule has 0 aliphatic heterocycles. The first kappa shape index (κ1) is 12.8. The van der Waals surface area contributed by atoms with Crippen LogP contribution in [0.1, 0.15) is 25.8 Å². The molecular formula is C14H21NO. The van der Waals surface area contributed by atoms with E-state index in [2.05, 4.69) is 31.2 Å².